The number of hydrogen-bond donors (Lipinski definition) is 6. The number of hydrogen-bond acceptors (Lipinski definition) is 8. The summed E-state index contributed by atoms with van der Waals surface area (Å²) in [5, 5.41) is 34.2. The number of nitrogens with one attached hydrogen (secondary N) is 2. The third-order valence-corrected chi connectivity index (χ3v) is 13.0. The molecule has 0 spiro atoms. The Hall–Kier alpha value is -0.370. The molecule has 230 valence electrons. The number of aromatic amines is 1. The van der Waals surface area contributed by atoms with Crippen LogP contribution in [0.3, 0.4) is 0 Å². The molecule has 0 aromatic carbocycles. The van der Waals surface area contributed by atoms with Gasteiger partial charge in [-0.3, -0.25) is 18.9 Å². The molecular weight excluding hydrogens is 576 g/mol. The van der Waals surface area contributed by atoms with E-state index in [9.17, 15) is 34.4 Å². The zero-order chi connectivity index (χ0) is 29.3. The van der Waals surface area contributed by atoms with Crippen LogP contribution < -0.4 is 45.9 Å². The summed E-state index contributed by atoms with van der Waals surface area (Å²) in [7, 11) is -4.30. The van der Waals surface area contributed by atoms with Crippen LogP contribution in [0, 0.1) is 34.5 Å². The van der Waals surface area contributed by atoms with Crippen LogP contribution in [0.15, 0.2) is 21.9 Å². The van der Waals surface area contributed by atoms with Crippen molar-refractivity contribution in [1.82, 2.24) is 14.6 Å². The number of aromatic nitrogens is 2. The first-order chi connectivity index (χ1) is 19.3. The fourth-order valence-corrected chi connectivity index (χ4v) is 10.8. The van der Waals surface area contributed by atoms with Gasteiger partial charge in [0, 0.05) is 18.3 Å². The normalized spacial score (nSPS) is 46.1. The smallest absolute Gasteiger partial charge is 0.393 e. The van der Waals surface area contributed by atoms with E-state index in [1.165, 1.54) is 0 Å². The summed E-state index contributed by atoms with van der Waals surface area (Å²) in [6.45, 7) is 4.21. The van der Waals surface area contributed by atoms with E-state index < -0.39 is 50.1 Å². The van der Waals surface area contributed by atoms with Crippen molar-refractivity contribution < 1.29 is 63.6 Å². The number of nitrogens with zero attached hydrogens (tertiary/aromatic N) is 1. The van der Waals surface area contributed by atoms with Gasteiger partial charge in [-0.05, 0) is 92.3 Å². The standard InChI is InChI=1S/C28H44N3O9P.Na/c1-27-10-7-16(32)13-15(27)3-4-17-18-5-6-21(28(18,2)11-8-19(17)27)30-41(37,38)39-14-20-23(34)24(35)25(40-20)31-12-9-22(33)29-26(31)36;/h9,12,15-21,23-25,32,34-35H,3-8,10-11,13-14H2,1-2H3,(H,29,33,36)(H2,30,37,38);/q;+1. The minimum Gasteiger partial charge on any atom is -0.393 e. The Morgan fingerprint density at radius 2 is 1.76 bits per heavy atom. The zero-order valence-corrected chi connectivity index (χ0v) is 27.6. The summed E-state index contributed by atoms with van der Waals surface area (Å²) in [6, 6.07) is 0.893. The second-order valence-corrected chi connectivity index (χ2v) is 15.3. The Kier molecular flexibility index (Phi) is 9.51. The van der Waals surface area contributed by atoms with E-state index >= 15 is 0 Å². The van der Waals surface area contributed by atoms with E-state index in [0.29, 0.717) is 23.7 Å². The molecule has 0 bridgehead atoms. The van der Waals surface area contributed by atoms with Crippen molar-refractivity contribution in [2.75, 3.05) is 6.61 Å². The quantitative estimate of drug-likeness (QED) is 0.164. The minimum absolute atomic E-state index is 0. The van der Waals surface area contributed by atoms with Crippen LogP contribution in [-0.4, -0.2) is 66.8 Å². The van der Waals surface area contributed by atoms with Crippen molar-refractivity contribution in [1.29, 1.82) is 0 Å². The van der Waals surface area contributed by atoms with Gasteiger partial charge < -0.3 is 24.9 Å². The molecule has 1 saturated heterocycles. The van der Waals surface area contributed by atoms with E-state index in [1.807, 2.05) is 0 Å². The molecule has 12 nitrogen and oxygen atoms in total. The predicted molar refractivity (Wildman–Crippen MR) is 148 cm³/mol. The van der Waals surface area contributed by atoms with Gasteiger partial charge in [-0.15, -0.1) is 0 Å². The largest absolute Gasteiger partial charge is 1.00 e. The van der Waals surface area contributed by atoms with Gasteiger partial charge in [0.2, 0.25) is 0 Å². The number of H-pyrrole nitrogens is 1. The van der Waals surface area contributed by atoms with Crippen LogP contribution in [0.25, 0.3) is 0 Å². The molecule has 14 heteroatoms. The Bertz CT molecular complexity index is 1310. The Morgan fingerprint density at radius 1 is 1.05 bits per heavy atom. The number of aliphatic hydroxyl groups is 3. The van der Waals surface area contributed by atoms with E-state index in [4.69, 9.17) is 9.26 Å². The third kappa shape index (κ3) is 5.73. The van der Waals surface area contributed by atoms with Crippen LogP contribution >= 0.6 is 7.75 Å². The Balaban J connectivity index is 0.00000353. The van der Waals surface area contributed by atoms with E-state index in [-0.39, 0.29) is 52.5 Å². The van der Waals surface area contributed by atoms with Gasteiger partial charge in [0.1, 0.15) is 18.3 Å². The molecule has 5 fully saturated rings. The maximum absolute atomic E-state index is 13.2. The number of ether oxygens (including phenoxy) is 1. The monoisotopic (exact) mass is 620 g/mol. The van der Waals surface area contributed by atoms with Gasteiger partial charge in [-0.25, -0.2) is 14.4 Å². The second kappa shape index (κ2) is 12.1. The second-order valence-electron chi connectivity index (χ2n) is 13.8. The SMILES string of the molecule is CC12CCC(O)CC1CCC1C2CCC2(C)C(NP(=O)(O)OCC3OC(n4ccc(=O)[nH]c4=O)C(O)C3O)CCC12.[Na+]. The molecular formula is C28H44N3NaO9P+. The molecule has 13 atom stereocenters. The third-order valence-electron chi connectivity index (χ3n) is 11.8. The van der Waals surface area contributed by atoms with E-state index in [1.54, 1.807) is 0 Å². The van der Waals surface area contributed by atoms with E-state index in [2.05, 4.69) is 23.9 Å². The number of fused-ring (bicyclic) bond motifs is 5. The molecule has 4 saturated carbocycles. The van der Waals surface area contributed by atoms with Crippen LogP contribution in [0.2, 0.25) is 0 Å². The average Bonchev–Trinajstić information content (AvgIpc) is 3.38. The van der Waals surface area contributed by atoms with Crippen molar-refractivity contribution in [3.63, 3.8) is 0 Å². The van der Waals surface area contributed by atoms with Gasteiger partial charge in [0.25, 0.3) is 5.56 Å². The van der Waals surface area contributed by atoms with Crippen LogP contribution in [-0.2, 0) is 13.8 Å². The summed E-state index contributed by atoms with van der Waals surface area (Å²) in [5.41, 5.74) is -1.31. The summed E-state index contributed by atoms with van der Waals surface area (Å²) < 4.78 is 25.2. The fraction of sp³-hybridized carbons (Fsp3) is 0.857. The van der Waals surface area contributed by atoms with Gasteiger partial charge in [0.05, 0.1) is 12.7 Å². The maximum Gasteiger partial charge on any atom is 1.00 e. The van der Waals surface area contributed by atoms with Gasteiger partial charge in [-0.2, -0.15) is 0 Å². The van der Waals surface area contributed by atoms with Crippen molar-refractivity contribution >= 4 is 7.75 Å². The molecule has 1 aromatic heterocycles. The molecule has 0 amide bonds. The molecule has 4 aliphatic carbocycles. The van der Waals surface area contributed by atoms with Gasteiger partial charge >= 0.3 is 43.0 Å². The molecule has 1 aromatic rings. The van der Waals surface area contributed by atoms with E-state index in [0.717, 1.165) is 74.6 Å². The van der Waals surface area contributed by atoms with Crippen molar-refractivity contribution in [3.05, 3.63) is 33.1 Å². The molecule has 6 rings (SSSR count). The average molecular weight is 621 g/mol. The summed E-state index contributed by atoms with van der Waals surface area (Å²) >= 11 is 0. The summed E-state index contributed by atoms with van der Waals surface area (Å²) in [5.74, 6) is 2.23. The van der Waals surface area contributed by atoms with Crippen LogP contribution in [0.5, 0.6) is 0 Å². The molecule has 13 unspecified atom stereocenters. The number of rotatable bonds is 6. The summed E-state index contributed by atoms with van der Waals surface area (Å²) in [4.78, 5) is 36.4. The molecule has 0 radical (unpaired) electrons. The van der Waals surface area contributed by atoms with Crippen molar-refractivity contribution in [2.24, 2.45) is 34.5 Å². The van der Waals surface area contributed by atoms with Gasteiger partial charge in [-0.1, -0.05) is 13.8 Å². The maximum atomic E-state index is 13.2. The first kappa shape index (κ1) is 33.0. The first-order valence-corrected chi connectivity index (χ1v) is 16.7. The van der Waals surface area contributed by atoms with Crippen LogP contribution in [0.4, 0.5) is 0 Å². The molecule has 2 heterocycles. The molecule has 42 heavy (non-hydrogen) atoms. The fourth-order valence-electron chi connectivity index (χ4n) is 9.58. The van der Waals surface area contributed by atoms with Crippen LogP contribution in [0.1, 0.15) is 77.9 Å². The van der Waals surface area contributed by atoms with Crippen molar-refractivity contribution in [2.45, 2.75) is 108 Å². The minimum atomic E-state index is -4.30. The molecule has 6 N–H and O–H groups in total. The Labute approximate surface area is 267 Å². The zero-order valence-electron chi connectivity index (χ0n) is 24.7. The predicted octanol–water partition coefficient (Wildman–Crippen LogP) is -1.36. The number of aliphatic hydroxyl groups excluding tert-OH is 3. The Morgan fingerprint density at radius 3 is 2.50 bits per heavy atom. The molecule has 1 aliphatic heterocycles. The van der Waals surface area contributed by atoms with Crippen molar-refractivity contribution in [3.8, 4) is 0 Å². The van der Waals surface area contributed by atoms with Gasteiger partial charge in [0.15, 0.2) is 6.23 Å². The summed E-state index contributed by atoms with van der Waals surface area (Å²) in [6.07, 6.45) is 4.52. The first-order valence-electron chi connectivity index (χ1n) is 15.1. The molecule has 5 aliphatic rings. The topological polar surface area (TPSA) is 183 Å².